The Morgan fingerprint density at radius 3 is 2.77 bits per heavy atom. The van der Waals surface area contributed by atoms with E-state index < -0.39 is 12.0 Å². The van der Waals surface area contributed by atoms with Crippen LogP contribution in [0.25, 0.3) is 0 Å². The largest absolute Gasteiger partial charge is 0.480 e. The fourth-order valence-corrected chi connectivity index (χ4v) is 1.65. The zero-order valence-corrected chi connectivity index (χ0v) is 7.96. The highest BCUT2D eigenvalue weighted by molar-refractivity contribution is 6.27. The van der Waals surface area contributed by atoms with Gasteiger partial charge in [0, 0.05) is 0 Å². The fourth-order valence-electron chi connectivity index (χ4n) is 1.56. The Morgan fingerprint density at radius 1 is 1.54 bits per heavy atom. The van der Waals surface area contributed by atoms with Gasteiger partial charge >= 0.3 is 5.97 Å². The van der Waals surface area contributed by atoms with Crippen molar-refractivity contribution in [3.05, 3.63) is 0 Å². The number of likely N-dealkylation sites (tertiary alicyclic amines) is 1. The molecule has 1 N–H and O–H groups in total. The van der Waals surface area contributed by atoms with Gasteiger partial charge in [0.1, 0.15) is 6.04 Å². The molecule has 0 amide bonds. The summed E-state index contributed by atoms with van der Waals surface area (Å²) in [5, 5.41) is 8.78. The number of alkyl halides is 1. The van der Waals surface area contributed by atoms with Crippen LogP contribution in [0.3, 0.4) is 0 Å². The first-order valence-electron chi connectivity index (χ1n) is 4.19. The third kappa shape index (κ3) is 2.67. The van der Waals surface area contributed by atoms with Gasteiger partial charge in [0.05, 0.1) is 12.4 Å². The maximum Gasteiger partial charge on any atom is 0.320 e. The minimum absolute atomic E-state index is 0.0389. The molecule has 4 nitrogen and oxygen atoms in total. The molecule has 13 heavy (non-hydrogen) atoms. The van der Waals surface area contributed by atoms with Gasteiger partial charge in [0.2, 0.25) is 0 Å². The molecular weight excluding hydrogens is 194 g/mol. The van der Waals surface area contributed by atoms with Crippen LogP contribution in [0.4, 0.5) is 0 Å². The normalized spacial score (nSPS) is 23.3. The fraction of sp³-hybridized carbons (Fsp3) is 0.750. The predicted octanol–water partition coefficient (Wildman–Crippen LogP) is 0.343. The first kappa shape index (κ1) is 10.5. The molecule has 1 unspecified atom stereocenters. The van der Waals surface area contributed by atoms with Gasteiger partial charge in [-0.05, 0) is 19.4 Å². The van der Waals surface area contributed by atoms with E-state index in [0.29, 0.717) is 13.0 Å². The molecule has 1 rings (SSSR count). The van der Waals surface area contributed by atoms with Gasteiger partial charge in [-0.15, -0.1) is 11.6 Å². The number of hydrogen-bond acceptors (Lipinski definition) is 3. The summed E-state index contributed by atoms with van der Waals surface area (Å²) < 4.78 is 0. The Hall–Kier alpha value is -0.610. The molecular formula is C8H12ClNO3. The van der Waals surface area contributed by atoms with Crippen molar-refractivity contribution in [3.8, 4) is 0 Å². The lowest BCUT2D eigenvalue weighted by Crippen LogP contribution is -2.39. The van der Waals surface area contributed by atoms with Crippen LogP contribution < -0.4 is 0 Å². The van der Waals surface area contributed by atoms with Gasteiger partial charge < -0.3 is 5.11 Å². The Morgan fingerprint density at radius 2 is 2.23 bits per heavy atom. The van der Waals surface area contributed by atoms with Gasteiger partial charge in [-0.25, -0.2) is 0 Å². The van der Waals surface area contributed by atoms with Crippen molar-refractivity contribution in [2.75, 3.05) is 19.0 Å². The second kappa shape index (κ2) is 4.58. The maximum absolute atomic E-state index is 11.0. The number of Topliss-reactive ketones (excluding diaryl/α,β-unsaturated/α-hetero) is 1. The second-order valence-electron chi connectivity index (χ2n) is 3.14. The average molecular weight is 206 g/mol. The summed E-state index contributed by atoms with van der Waals surface area (Å²) in [7, 11) is 0. The first-order valence-corrected chi connectivity index (χ1v) is 4.73. The van der Waals surface area contributed by atoms with Crippen LogP contribution in [-0.2, 0) is 9.59 Å². The minimum atomic E-state index is -0.847. The van der Waals surface area contributed by atoms with Crippen molar-refractivity contribution < 1.29 is 14.7 Å². The number of nitrogens with zero attached hydrogens (tertiary/aromatic N) is 1. The van der Waals surface area contributed by atoms with Crippen LogP contribution in [0.1, 0.15) is 12.8 Å². The minimum Gasteiger partial charge on any atom is -0.480 e. The lowest BCUT2D eigenvalue weighted by molar-refractivity contribution is -0.142. The molecule has 0 radical (unpaired) electrons. The number of hydrogen-bond donors (Lipinski definition) is 1. The summed E-state index contributed by atoms with van der Waals surface area (Å²) >= 11 is 5.33. The van der Waals surface area contributed by atoms with E-state index in [1.54, 1.807) is 4.90 Å². The summed E-state index contributed by atoms with van der Waals surface area (Å²) in [6.07, 6.45) is 1.47. The van der Waals surface area contributed by atoms with Gasteiger partial charge in [0.25, 0.3) is 0 Å². The lowest BCUT2D eigenvalue weighted by atomic mass is 10.2. The van der Waals surface area contributed by atoms with Gasteiger partial charge in [-0.2, -0.15) is 0 Å². The van der Waals surface area contributed by atoms with Crippen LogP contribution in [0.5, 0.6) is 0 Å². The molecule has 1 fully saturated rings. The number of carboxylic acids is 1. The third-order valence-corrected chi connectivity index (χ3v) is 2.48. The summed E-state index contributed by atoms with van der Waals surface area (Å²) in [4.78, 5) is 23.3. The molecule has 1 saturated heterocycles. The molecule has 1 atom stereocenters. The summed E-state index contributed by atoms with van der Waals surface area (Å²) in [6.45, 7) is 0.847. The molecule has 0 aromatic rings. The number of carboxylic acid groups (broad SMARTS) is 1. The van der Waals surface area contributed by atoms with Gasteiger partial charge in [0.15, 0.2) is 5.78 Å². The number of carbonyl (C=O) groups is 2. The van der Waals surface area contributed by atoms with Crippen LogP contribution in [0.2, 0.25) is 0 Å². The monoisotopic (exact) mass is 205 g/mol. The number of ketones is 1. The van der Waals surface area contributed by atoms with E-state index in [4.69, 9.17) is 16.7 Å². The van der Waals surface area contributed by atoms with E-state index >= 15 is 0 Å². The molecule has 1 aliphatic rings. The maximum atomic E-state index is 11.0. The van der Waals surface area contributed by atoms with E-state index in [9.17, 15) is 9.59 Å². The highest BCUT2D eigenvalue weighted by Gasteiger charge is 2.31. The molecule has 0 saturated carbocycles. The highest BCUT2D eigenvalue weighted by Crippen LogP contribution is 2.16. The van der Waals surface area contributed by atoms with Crippen LogP contribution in [0, 0.1) is 0 Å². The molecule has 0 aromatic carbocycles. The van der Waals surface area contributed by atoms with E-state index in [1.165, 1.54) is 0 Å². The van der Waals surface area contributed by atoms with Crippen LogP contribution >= 0.6 is 11.6 Å². The Labute approximate surface area is 81.5 Å². The van der Waals surface area contributed by atoms with E-state index in [-0.39, 0.29) is 18.2 Å². The smallest absolute Gasteiger partial charge is 0.320 e. The zero-order chi connectivity index (χ0) is 9.84. The average Bonchev–Trinajstić information content (AvgIpc) is 2.52. The van der Waals surface area contributed by atoms with Crippen LogP contribution in [0.15, 0.2) is 0 Å². The van der Waals surface area contributed by atoms with Crippen molar-refractivity contribution in [2.45, 2.75) is 18.9 Å². The molecule has 74 valence electrons. The van der Waals surface area contributed by atoms with Crippen molar-refractivity contribution in [1.29, 1.82) is 0 Å². The zero-order valence-electron chi connectivity index (χ0n) is 7.20. The number of carbonyl (C=O) groups excluding carboxylic acids is 1. The van der Waals surface area contributed by atoms with Crippen molar-refractivity contribution in [1.82, 2.24) is 4.90 Å². The summed E-state index contributed by atoms with van der Waals surface area (Å²) in [5.74, 6) is -1.00. The molecule has 1 aliphatic heterocycles. The predicted molar refractivity (Wildman–Crippen MR) is 48.0 cm³/mol. The standard InChI is InChI=1S/C8H12ClNO3/c9-4-6(11)5-10-3-1-2-7(10)8(12)13/h7H,1-5H2,(H,12,13). The third-order valence-electron chi connectivity index (χ3n) is 2.18. The molecule has 0 aliphatic carbocycles. The first-order chi connectivity index (χ1) is 6.15. The summed E-state index contributed by atoms with van der Waals surface area (Å²) in [5.41, 5.74) is 0. The van der Waals surface area contributed by atoms with Crippen molar-refractivity contribution >= 4 is 23.4 Å². The van der Waals surface area contributed by atoms with E-state index in [1.807, 2.05) is 0 Å². The lowest BCUT2D eigenvalue weighted by Gasteiger charge is -2.19. The molecule has 5 heteroatoms. The number of halogens is 1. The SMILES string of the molecule is O=C(CCl)CN1CCCC1C(=O)O. The molecule has 1 heterocycles. The Bertz CT molecular complexity index is 219. The topological polar surface area (TPSA) is 57.6 Å². The molecule has 0 aromatic heterocycles. The van der Waals surface area contributed by atoms with Gasteiger partial charge in [-0.3, -0.25) is 14.5 Å². The van der Waals surface area contributed by atoms with Crippen LogP contribution in [-0.4, -0.2) is 46.8 Å². The second-order valence-corrected chi connectivity index (χ2v) is 3.41. The van der Waals surface area contributed by atoms with Crippen molar-refractivity contribution in [3.63, 3.8) is 0 Å². The molecule has 0 bridgehead atoms. The summed E-state index contributed by atoms with van der Waals surface area (Å²) in [6, 6.07) is -0.493. The number of rotatable bonds is 4. The van der Waals surface area contributed by atoms with Crippen molar-refractivity contribution in [2.24, 2.45) is 0 Å². The molecule has 0 spiro atoms. The van der Waals surface area contributed by atoms with E-state index in [0.717, 1.165) is 6.42 Å². The Balaban J connectivity index is 2.48. The van der Waals surface area contributed by atoms with Gasteiger partial charge in [-0.1, -0.05) is 0 Å². The Kier molecular flexibility index (Phi) is 3.69. The highest BCUT2D eigenvalue weighted by atomic mass is 35.5. The van der Waals surface area contributed by atoms with E-state index in [2.05, 4.69) is 0 Å². The number of aliphatic carboxylic acids is 1. The quantitative estimate of drug-likeness (QED) is 0.673.